The molecular formula is C18H20N2O4. The molecule has 6 heteroatoms. The van der Waals surface area contributed by atoms with E-state index in [4.69, 9.17) is 14.0 Å². The maximum Gasteiger partial charge on any atom is 0.261 e. The minimum Gasteiger partial charge on any atom is -0.448 e. The van der Waals surface area contributed by atoms with Crippen molar-refractivity contribution in [2.24, 2.45) is 0 Å². The summed E-state index contributed by atoms with van der Waals surface area (Å²) in [4.78, 5) is 12.5. The van der Waals surface area contributed by atoms with E-state index in [1.54, 1.807) is 6.92 Å². The van der Waals surface area contributed by atoms with Crippen molar-refractivity contribution in [3.8, 4) is 11.5 Å². The average molecular weight is 328 g/mol. The topological polar surface area (TPSA) is 73.6 Å². The fourth-order valence-electron chi connectivity index (χ4n) is 3.43. The van der Waals surface area contributed by atoms with E-state index >= 15 is 0 Å². The summed E-state index contributed by atoms with van der Waals surface area (Å²) < 4.78 is 17.1. The van der Waals surface area contributed by atoms with E-state index in [0.29, 0.717) is 34.9 Å². The second kappa shape index (κ2) is 5.54. The van der Waals surface area contributed by atoms with E-state index < -0.39 is 5.79 Å². The average Bonchev–Trinajstić information content (AvgIpc) is 3.25. The lowest BCUT2D eigenvalue weighted by Crippen LogP contribution is -2.34. The van der Waals surface area contributed by atoms with Gasteiger partial charge in [0.05, 0.1) is 5.69 Å². The number of hydrogen-bond donors (Lipinski definition) is 1. The number of aromatic nitrogens is 1. The van der Waals surface area contributed by atoms with Gasteiger partial charge in [-0.15, -0.1) is 0 Å². The zero-order valence-corrected chi connectivity index (χ0v) is 13.8. The second-order valence-electron chi connectivity index (χ2n) is 6.35. The zero-order chi connectivity index (χ0) is 16.7. The van der Waals surface area contributed by atoms with Gasteiger partial charge in [-0.25, -0.2) is 0 Å². The first-order valence-electron chi connectivity index (χ1n) is 8.39. The van der Waals surface area contributed by atoms with E-state index in [-0.39, 0.29) is 5.91 Å². The highest BCUT2D eigenvalue weighted by atomic mass is 16.7. The van der Waals surface area contributed by atoms with E-state index in [2.05, 4.69) is 10.5 Å². The lowest BCUT2D eigenvalue weighted by Gasteiger charge is -2.21. The number of hydrogen-bond acceptors (Lipinski definition) is 5. The minimum absolute atomic E-state index is 0.222. The molecule has 0 atom stereocenters. The van der Waals surface area contributed by atoms with E-state index in [9.17, 15) is 4.79 Å². The van der Waals surface area contributed by atoms with Gasteiger partial charge in [0, 0.05) is 24.6 Å². The Kier molecular flexibility index (Phi) is 3.48. The number of nitrogens with zero attached hydrogens (tertiary/aromatic N) is 1. The zero-order valence-electron chi connectivity index (χ0n) is 13.8. The Morgan fingerprint density at radius 3 is 2.75 bits per heavy atom. The quantitative estimate of drug-likeness (QED) is 0.926. The maximum atomic E-state index is 12.5. The molecule has 1 aromatic carbocycles. The Morgan fingerprint density at radius 1 is 1.25 bits per heavy atom. The summed E-state index contributed by atoms with van der Waals surface area (Å²) in [6.07, 6.45) is 4.68. The van der Waals surface area contributed by atoms with E-state index in [0.717, 1.165) is 31.4 Å². The second-order valence-corrected chi connectivity index (χ2v) is 6.35. The smallest absolute Gasteiger partial charge is 0.261 e. The van der Waals surface area contributed by atoms with Crippen LogP contribution >= 0.6 is 0 Å². The molecule has 2 heterocycles. The molecule has 0 unspecified atom stereocenters. The van der Waals surface area contributed by atoms with E-state index in [1.165, 1.54) is 0 Å². The first kappa shape index (κ1) is 15.1. The highest BCUT2D eigenvalue weighted by Gasteiger charge is 2.44. The summed E-state index contributed by atoms with van der Waals surface area (Å²) in [7, 11) is 0. The third-order valence-electron chi connectivity index (χ3n) is 4.65. The number of rotatable bonds is 3. The Labute approximate surface area is 140 Å². The van der Waals surface area contributed by atoms with Gasteiger partial charge in [0.25, 0.3) is 11.7 Å². The largest absolute Gasteiger partial charge is 0.448 e. The number of amides is 1. The van der Waals surface area contributed by atoms with Crippen LogP contribution in [-0.4, -0.2) is 16.9 Å². The molecule has 24 heavy (non-hydrogen) atoms. The predicted octanol–water partition coefficient (Wildman–Crippen LogP) is 3.84. The monoisotopic (exact) mass is 328 g/mol. The van der Waals surface area contributed by atoms with Gasteiger partial charge in [-0.1, -0.05) is 12.1 Å². The molecular weight excluding hydrogens is 308 g/mol. The van der Waals surface area contributed by atoms with Crippen molar-refractivity contribution >= 4 is 11.6 Å². The summed E-state index contributed by atoms with van der Waals surface area (Å²) in [6, 6.07) is 5.48. The van der Waals surface area contributed by atoms with Crippen molar-refractivity contribution in [3.05, 3.63) is 35.2 Å². The summed E-state index contributed by atoms with van der Waals surface area (Å²) in [5.41, 5.74) is 1.83. The lowest BCUT2D eigenvalue weighted by atomic mass is 10.1. The van der Waals surface area contributed by atoms with Crippen molar-refractivity contribution in [2.45, 2.75) is 51.7 Å². The molecule has 1 amide bonds. The van der Waals surface area contributed by atoms with Gasteiger partial charge >= 0.3 is 0 Å². The molecule has 1 N–H and O–H groups in total. The summed E-state index contributed by atoms with van der Waals surface area (Å²) in [6.45, 7) is 3.68. The highest BCUT2D eigenvalue weighted by molar-refractivity contribution is 6.05. The molecule has 1 aromatic heterocycles. The number of aryl methyl sites for hydroxylation is 2. The number of benzene rings is 1. The van der Waals surface area contributed by atoms with Crippen LogP contribution < -0.4 is 14.8 Å². The molecule has 1 aliphatic carbocycles. The number of ether oxygens (including phenoxy) is 2. The standard InChI is InChI=1S/C18H20N2O4/c1-3-13-16(11(2)24-20-13)17(21)19-12-6-7-14-15(10-12)23-18(22-14)8-4-5-9-18/h6-7,10H,3-5,8-9H2,1-2H3,(H,19,21). The van der Waals surface area contributed by atoms with Crippen molar-refractivity contribution in [1.29, 1.82) is 0 Å². The Bertz CT molecular complexity index is 790. The van der Waals surface area contributed by atoms with Crippen LogP contribution in [0.4, 0.5) is 5.69 Å². The number of nitrogens with one attached hydrogen (secondary N) is 1. The number of fused-ring (bicyclic) bond motifs is 1. The third kappa shape index (κ3) is 2.42. The van der Waals surface area contributed by atoms with Gasteiger partial charge < -0.3 is 19.3 Å². The van der Waals surface area contributed by atoms with Gasteiger partial charge in [-0.3, -0.25) is 4.79 Å². The van der Waals surface area contributed by atoms with Crippen LogP contribution in [0.25, 0.3) is 0 Å². The Balaban J connectivity index is 1.55. The predicted molar refractivity (Wildman–Crippen MR) is 87.5 cm³/mol. The summed E-state index contributed by atoms with van der Waals surface area (Å²) in [5, 5.41) is 6.82. The van der Waals surface area contributed by atoms with Crippen LogP contribution in [0.15, 0.2) is 22.7 Å². The van der Waals surface area contributed by atoms with Gasteiger partial charge in [-0.2, -0.15) is 0 Å². The number of carbonyl (C=O) groups excluding carboxylic acids is 1. The molecule has 2 aromatic rings. The van der Waals surface area contributed by atoms with Crippen LogP contribution in [0, 0.1) is 6.92 Å². The van der Waals surface area contributed by atoms with Gasteiger partial charge in [-0.05, 0) is 38.3 Å². The molecule has 1 aliphatic heterocycles. The van der Waals surface area contributed by atoms with Crippen molar-refractivity contribution in [3.63, 3.8) is 0 Å². The Morgan fingerprint density at radius 2 is 2.00 bits per heavy atom. The molecule has 0 bridgehead atoms. The Hall–Kier alpha value is -2.50. The van der Waals surface area contributed by atoms with Crippen LogP contribution in [0.2, 0.25) is 0 Å². The van der Waals surface area contributed by atoms with Crippen LogP contribution in [0.3, 0.4) is 0 Å². The first-order chi connectivity index (χ1) is 11.6. The fraction of sp³-hybridized carbons (Fsp3) is 0.444. The van der Waals surface area contributed by atoms with Crippen molar-refractivity contribution in [1.82, 2.24) is 5.16 Å². The maximum absolute atomic E-state index is 12.5. The molecule has 0 radical (unpaired) electrons. The first-order valence-corrected chi connectivity index (χ1v) is 8.39. The summed E-state index contributed by atoms with van der Waals surface area (Å²) in [5.74, 6) is 1.23. The molecule has 4 rings (SSSR count). The molecule has 1 saturated carbocycles. The number of carbonyl (C=O) groups is 1. The highest BCUT2D eigenvalue weighted by Crippen LogP contribution is 2.47. The molecule has 6 nitrogen and oxygen atoms in total. The van der Waals surface area contributed by atoms with Crippen molar-refractivity contribution in [2.75, 3.05) is 5.32 Å². The van der Waals surface area contributed by atoms with E-state index in [1.807, 2.05) is 25.1 Å². The normalized spacial score (nSPS) is 17.4. The lowest BCUT2D eigenvalue weighted by molar-refractivity contribution is -0.0716. The molecule has 126 valence electrons. The molecule has 1 spiro atoms. The SMILES string of the molecule is CCc1noc(C)c1C(=O)Nc1ccc2c(c1)OC1(CCCC1)O2. The minimum atomic E-state index is -0.495. The van der Waals surface area contributed by atoms with Crippen molar-refractivity contribution < 1.29 is 18.8 Å². The summed E-state index contributed by atoms with van der Waals surface area (Å²) >= 11 is 0. The van der Waals surface area contributed by atoms with Gasteiger partial charge in [0.15, 0.2) is 11.5 Å². The van der Waals surface area contributed by atoms with Gasteiger partial charge in [0.2, 0.25) is 0 Å². The molecule has 0 saturated heterocycles. The van der Waals surface area contributed by atoms with Gasteiger partial charge in [0.1, 0.15) is 11.3 Å². The van der Waals surface area contributed by atoms with Crippen LogP contribution in [0.5, 0.6) is 11.5 Å². The van der Waals surface area contributed by atoms with Crippen LogP contribution in [-0.2, 0) is 6.42 Å². The van der Waals surface area contributed by atoms with Crippen LogP contribution in [0.1, 0.15) is 54.4 Å². The fourth-order valence-corrected chi connectivity index (χ4v) is 3.43. The number of anilines is 1. The third-order valence-corrected chi connectivity index (χ3v) is 4.65. The molecule has 1 fully saturated rings. The molecule has 2 aliphatic rings.